The molecule has 20 heavy (non-hydrogen) atoms. The van der Waals surface area contributed by atoms with Crippen LogP contribution in [0.15, 0.2) is 24.3 Å². The summed E-state index contributed by atoms with van der Waals surface area (Å²) < 4.78 is 5.37. The van der Waals surface area contributed by atoms with E-state index >= 15 is 0 Å². The molecule has 1 aromatic carbocycles. The number of carbonyl (C=O) groups excluding carboxylic acids is 1. The summed E-state index contributed by atoms with van der Waals surface area (Å²) in [6.45, 7) is 6.45. The van der Waals surface area contributed by atoms with E-state index in [0.29, 0.717) is 13.2 Å². The molecule has 0 heterocycles. The predicted octanol–water partition coefficient (Wildman–Crippen LogP) is 1.76. The van der Waals surface area contributed by atoms with Gasteiger partial charge in [0, 0.05) is 19.5 Å². The Morgan fingerprint density at radius 3 is 2.55 bits per heavy atom. The van der Waals surface area contributed by atoms with Gasteiger partial charge in [0.05, 0.1) is 12.7 Å². The van der Waals surface area contributed by atoms with Crippen molar-refractivity contribution < 1.29 is 9.53 Å². The number of amides is 1. The third kappa shape index (κ3) is 5.29. The first kappa shape index (κ1) is 16.0. The lowest BCUT2D eigenvalue weighted by molar-refractivity contribution is -0.119. The Bertz CT molecular complexity index is 465. The van der Waals surface area contributed by atoms with E-state index in [1.165, 1.54) is 6.92 Å². The number of hydrogen-bond acceptors (Lipinski definition) is 4. The Kier molecular flexibility index (Phi) is 6.54. The van der Waals surface area contributed by atoms with E-state index in [1.807, 2.05) is 38.1 Å². The minimum Gasteiger partial charge on any atom is -0.494 e. The number of nitrogens with one attached hydrogen (secondary N) is 2. The average molecular weight is 275 g/mol. The van der Waals surface area contributed by atoms with Gasteiger partial charge >= 0.3 is 0 Å². The van der Waals surface area contributed by atoms with Crippen molar-refractivity contribution in [3.05, 3.63) is 29.8 Å². The maximum absolute atomic E-state index is 10.9. The molecular formula is C15H21N3O2. The van der Waals surface area contributed by atoms with Crippen LogP contribution in [0.5, 0.6) is 5.75 Å². The lowest BCUT2D eigenvalue weighted by atomic mass is 10.1. The average Bonchev–Trinajstić information content (AvgIpc) is 2.40. The van der Waals surface area contributed by atoms with Gasteiger partial charge in [0.15, 0.2) is 0 Å². The number of hydrogen-bond donors (Lipinski definition) is 2. The van der Waals surface area contributed by atoms with Gasteiger partial charge in [0.1, 0.15) is 11.8 Å². The molecular weight excluding hydrogens is 254 g/mol. The van der Waals surface area contributed by atoms with Crippen LogP contribution in [-0.4, -0.2) is 25.1 Å². The maximum Gasteiger partial charge on any atom is 0.217 e. The fourth-order valence-corrected chi connectivity index (χ4v) is 1.85. The van der Waals surface area contributed by atoms with Gasteiger partial charge in [0.2, 0.25) is 5.91 Å². The third-order valence-corrected chi connectivity index (χ3v) is 2.73. The van der Waals surface area contributed by atoms with E-state index < -0.39 is 6.04 Å². The quantitative estimate of drug-likeness (QED) is 0.795. The van der Waals surface area contributed by atoms with E-state index in [0.717, 1.165) is 11.3 Å². The Balaban J connectivity index is 2.58. The second kappa shape index (κ2) is 8.18. The molecule has 0 radical (unpaired) electrons. The highest BCUT2D eigenvalue weighted by Gasteiger charge is 2.12. The normalized spacial score (nSPS) is 13.1. The molecule has 1 aromatic rings. The van der Waals surface area contributed by atoms with Crippen LogP contribution in [0.3, 0.4) is 0 Å². The van der Waals surface area contributed by atoms with Gasteiger partial charge in [-0.2, -0.15) is 5.26 Å². The van der Waals surface area contributed by atoms with Gasteiger partial charge in [-0.1, -0.05) is 12.1 Å². The van der Waals surface area contributed by atoms with Crippen LogP contribution in [0.4, 0.5) is 0 Å². The van der Waals surface area contributed by atoms with Crippen LogP contribution in [0.2, 0.25) is 0 Å². The molecule has 0 aliphatic rings. The molecule has 1 rings (SSSR count). The summed E-state index contributed by atoms with van der Waals surface area (Å²) in [6.07, 6.45) is 0. The van der Waals surface area contributed by atoms with Crippen molar-refractivity contribution in [1.82, 2.24) is 10.6 Å². The van der Waals surface area contributed by atoms with Crippen molar-refractivity contribution in [2.75, 3.05) is 13.2 Å². The smallest absolute Gasteiger partial charge is 0.217 e. The van der Waals surface area contributed by atoms with Crippen LogP contribution in [0, 0.1) is 11.3 Å². The summed E-state index contributed by atoms with van der Waals surface area (Å²) >= 11 is 0. The van der Waals surface area contributed by atoms with Crippen molar-refractivity contribution in [2.24, 2.45) is 0 Å². The number of rotatable bonds is 7. The largest absolute Gasteiger partial charge is 0.494 e. The maximum atomic E-state index is 10.9. The highest BCUT2D eigenvalue weighted by atomic mass is 16.5. The first-order chi connectivity index (χ1) is 9.56. The van der Waals surface area contributed by atoms with Crippen LogP contribution >= 0.6 is 0 Å². The van der Waals surface area contributed by atoms with E-state index in [2.05, 4.69) is 16.7 Å². The number of benzene rings is 1. The topological polar surface area (TPSA) is 74.2 Å². The minimum absolute atomic E-state index is 0.0222. The standard InChI is InChI=1S/C15H21N3O2/c1-4-20-14-7-5-13(6-8-14)15(9-16)17-10-11(2)18-12(3)19/h5-8,11,15,17H,4,10H2,1-3H3,(H,18,19). The molecule has 0 aliphatic carbocycles. The second-order valence-electron chi connectivity index (χ2n) is 4.57. The minimum atomic E-state index is -0.401. The zero-order chi connectivity index (χ0) is 15.0. The van der Waals surface area contributed by atoms with Crippen molar-refractivity contribution in [2.45, 2.75) is 32.9 Å². The van der Waals surface area contributed by atoms with Crippen LogP contribution in [0.25, 0.3) is 0 Å². The molecule has 0 fully saturated rings. The molecule has 0 bridgehead atoms. The lowest BCUT2D eigenvalue weighted by Gasteiger charge is -2.17. The van der Waals surface area contributed by atoms with E-state index in [1.54, 1.807) is 0 Å². The molecule has 0 saturated heterocycles. The first-order valence-electron chi connectivity index (χ1n) is 6.69. The van der Waals surface area contributed by atoms with Gasteiger partial charge in [0.25, 0.3) is 0 Å². The van der Waals surface area contributed by atoms with E-state index in [4.69, 9.17) is 4.74 Å². The van der Waals surface area contributed by atoms with Crippen LogP contribution < -0.4 is 15.4 Å². The first-order valence-corrected chi connectivity index (χ1v) is 6.69. The van der Waals surface area contributed by atoms with Crippen molar-refractivity contribution >= 4 is 5.91 Å². The predicted molar refractivity (Wildman–Crippen MR) is 77.2 cm³/mol. The number of nitrogens with zero attached hydrogens (tertiary/aromatic N) is 1. The highest BCUT2D eigenvalue weighted by Crippen LogP contribution is 2.17. The fourth-order valence-electron chi connectivity index (χ4n) is 1.85. The Labute approximate surface area is 119 Å². The molecule has 108 valence electrons. The SMILES string of the molecule is CCOc1ccc(C(C#N)NCC(C)NC(C)=O)cc1. The Morgan fingerprint density at radius 1 is 1.40 bits per heavy atom. The molecule has 0 spiro atoms. The monoisotopic (exact) mass is 275 g/mol. The molecule has 2 N–H and O–H groups in total. The Morgan fingerprint density at radius 2 is 2.05 bits per heavy atom. The van der Waals surface area contributed by atoms with Crippen molar-refractivity contribution in [1.29, 1.82) is 5.26 Å². The van der Waals surface area contributed by atoms with Gasteiger partial charge in [-0.05, 0) is 31.5 Å². The van der Waals surface area contributed by atoms with Gasteiger partial charge in [-0.3, -0.25) is 10.1 Å². The zero-order valence-electron chi connectivity index (χ0n) is 12.1. The number of carbonyl (C=O) groups is 1. The molecule has 0 saturated carbocycles. The van der Waals surface area contributed by atoms with Gasteiger partial charge in [-0.15, -0.1) is 0 Å². The summed E-state index contributed by atoms with van der Waals surface area (Å²) in [5, 5.41) is 15.1. The second-order valence-corrected chi connectivity index (χ2v) is 4.57. The summed E-state index contributed by atoms with van der Waals surface area (Å²) in [7, 11) is 0. The summed E-state index contributed by atoms with van der Waals surface area (Å²) in [4.78, 5) is 10.9. The van der Waals surface area contributed by atoms with Gasteiger partial charge in [-0.25, -0.2) is 0 Å². The fraction of sp³-hybridized carbons (Fsp3) is 0.467. The summed E-state index contributed by atoms with van der Waals surface area (Å²) in [6, 6.07) is 9.23. The van der Waals surface area contributed by atoms with E-state index in [9.17, 15) is 10.1 Å². The molecule has 5 nitrogen and oxygen atoms in total. The molecule has 1 amide bonds. The number of nitriles is 1. The molecule has 2 atom stereocenters. The van der Waals surface area contributed by atoms with Crippen molar-refractivity contribution in [3.8, 4) is 11.8 Å². The highest BCUT2D eigenvalue weighted by molar-refractivity contribution is 5.73. The van der Waals surface area contributed by atoms with Gasteiger partial charge < -0.3 is 10.1 Å². The molecule has 5 heteroatoms. The molecule has 0 aromatic heterocycles. The Hall–Kier alpha value is -2.06. The van der Waals surface area contributed by atoms with Crippen LogP contribution in [-0.2, 0) is 4.79 Å². The van der Waals surface area contributed by atoms with E-state index in [-0.39, 0.29) is 11.9 Å². The molecule has 2 unspecified atom stereocenters. The zero-order valence-corrected chi connectivity index (χ0v) is 12.1. The van der Waals surface area contributed by atoms with Crippen molar-refractivity contribution in [3.63, 3.8) is 0 Å². The number of ether oxygens (including phenoxy) is 1. The third-order valence-electron chi connectivity index (χ3n) is 2.73. The molecule has 0 aliphatic heterocycles. The van der Waals surface area contributed by atoms with Crippen LogP contribution in [0.1, 0.15) is 32.4 Å². The lowest BCUT2D eigenvalue weighted by Crippen LogP contribution is -2.39. The summed E-state index contributed by atoms with van der Waals surface area (Å²) in [5.41, 5.74) is 0.881. The summed E-state index contributed by atoms with van der Waals surface area (Å²) in [5.74, 6) is 0.716.